The predicted octanol–water partition coefficient (Wildman–Crippen LogP) is 6.55. The van der Waals surface area contributed by atoms with Crippen LogP contribution in [0.4, 0.5) is 10.7 Å². The number of H-pyrrole nitrogens is 2. The Labute approximate surface area is 264 Å². The van der Waals surface area contributed by atoms with Crippen LogP contribution >= 0.6 is 0 Å². The molecule has 0 unspecified atom stereocenters. The molecule has 11 nitrogen and oxygen atoms in total. The number of imidazole rings is 2. The minimum Gasteiger partial charge on any atom is -0.453 e. The first-order valence-electron chi connectivity index (χ1n) is 15.4. The summed E-state index contributed by atoms with van der Waals surface area (Å²) in [5.74, 6) is 0.751. The maximum atomic E-state index is 13.4. The van der Waals surface area contributed by atoms with Gasteiger partial charge in [-0.1, -0.05) is 75.7 Å². The third kappa shape index (κ3) is 8.17. The maximum absolute atomic E-state index is 13.4. The van der Waals surface area contributed by atoms with Crippen LogP contribution < -0.4 is 10.6 Å². The van der Waals surface area contributed by atoms with Gasteiger partial charge >= 0.3 is 6.09 Å². The summed E-state index contributed by atoms with van der Waals surface area (Å²) in [7, 11) is 1.28. The Morgan fingerprint density at radius 2 is 1.40 bits per heavy atom. The number of anilines is 1. The highest BCUT2D eigenvalue weighted by Gasteiger charge is 2.32. The molecule has 2 aromatic carbocycles. The minimum atomic E-state index is -0.712. The molecule has 0 saturated heterocycles. The molecule has 3 amide bonds. The van der Waals surface area contributed by atoms with Gasteiger partial charge in [-0.2, -0.15) is 0 Å². The standard InChI is InChI=1S/C34H43N7O4/c1-7-9-10-29(42)39-33-36-20-28(38-33)26-17-13-24(14-18-26)23-11-15-25(16-12-23)27-19-35-31(37-27)22(5)41(8-2)32(43)30(21(3)4)40-34(44)45-6/h11-22,30H,7-10H2,1-6H3,(H,35,37)(H,40,44)(H2,36,38,39,42)/t22-,30-/m0/s1. The van der Waals surface area contributed by atoms with Crippen LogP contribution in [0.1, 0.15) is 65.7 Å². The summed E-state index contributed by atoms with van der Waals surface area (Å²) in [4.78, 5) is 54.5. The maximum Gasteiger partial charge on any atom is 0.407 e. The molecule has 4 aromatic rings. The SMILES string of the molecule is CCCCC(=O)Nc1nc(-c2ccc(-c3ccc(-c4c[nH]c([C@H](C)N(CC)C(=O)[C@@H](NC(=O)OC)C(C)C)n4)cc3)cc2)c[nH]1. The number of nitrogens with zero attached hydrogens (tertiary/aromatic N) is 3. The molecular formula is C34H43N7O4. The van der Waals surface area contributed by atoms with Crippen LogP contribution in [0.3, 0.4) is 0 Å². The van der Waals surface area contributed by atoms with Gasteiger partial charge in [-0.3, -0.25) is 14.9 Å². The largest absolute Gasteiger partial charge is 0.453 e. The molecule has 2 aromatic heterocycles. The number of alkyl carbamates (subject to hydrolysis) is 1. The van der Waals surface area contributed by atoms with Gasteiger partial charge in [0.2, 0.25) is 17.8 Å². The van der Waals surface area contributed by atoms with Gasteiger partial charge in [0.15, 0.2) is 0 Å². The molecule has 2 atom stereocenters. The van der Waals surface area contributed by atoms with Crippen molar-refractivity contribution in [2.45, 2.75) is 66.0 Å². The first kappa shape index (κ1) is 33.0. The third-order valence-electron chi connectivity index (χ3n) is 7.76. The molecule has 11 heteroatoms. The molecule has 0 radical (unpaired) electrons. The van der Waals surface area contributed by atoms with Crippen LogP contribution in [0.2, 0.25) is 0 Å². The highest BCUT2D eigenvalue weighted by atomic mass is 16.5. The van der Waals surface area contributed by atoms with Crippen molar-refractivity contribution in [1.82, 2.24) is 30.2 Å². The van der Waals surface area contributed by atoms with Gasteiger partial charge in [-0.05, 0) is 37.3 Å². The number of hydrogen-bond acceptors (Lipinski definition) is 6. The molecule has 0 aliphatic rings. The molecule has 2 heterocycles. The Hall–Kier alpha value is -4.93. The summed E-state index contributed by atoms with van der Waals surface area (Å²) >= 11 is 0. The van der Waals surface area contributed by atoms with Gasteiger partial charge in [0, 0.05) is 36.5 Å². The first-order valence-corrected chi connectivity index (χ1v) is 15.4. The van der Waals surface area contributed by atoms with E-state index in [0.29, 0.717) is 24.7 Å². The Morgan fingerprint density at radius 3 is 1.93 bits per heavy atom. The van der Waals surface area contributed by atoms with Crippen molar-refractivity contribution in [2.24, 2.45) is 5.92 Å². The van der Waals surface area contributed by atoms with E-state index in [2.05, 4.69) is 32.5 Å². The summed E-state index contributed by atoms with van der Waals surface area (Å²) in [6.07, 6.45) is 5.29. The van der Waals surface area contributed by atoms with Gasteiger partial charge in [0.05, 0.1) is 24.5 Å². The molecule has 0 bridgehead atoms. The Kier molecular flexibility index (Phi) is 11.1. The fourth-order valence-electron chi connectivity index (χ4n) is 5.08. The van der Waals surface area contributed by atoms with Gasteiger partial charge < -0.3 is 24.9 Å². The van der Waals surface area contributed by atoms with E-state index >= 15 is 0 Å². The minimum absolute atomic E-state index is 0.0417. The number of carbonyl (C=O) groups excluding carboxylic acids is 3. The van der Waals surface area contributed by atoms with Gasteiger partial charge in [-0.15, -0.1) is 0 Å². The first-order chi connectivity index (χ1) is 21.6. The number of amides is 3. The Bertz CT molecular complexity index is 1570. The molecule has 0 saturated carbocycles. The quantitative estimate of drug-likeness (QED) is 0.135. The fraction of sp³-hybridized carbons (Fsp3) is 0.382. The van der Waals surface area contributed by atoms with E-state index < -0.39 is 12.1 Å². The zero-order chi connectivity index (χ0) is 32.5. The van der Waals surface area contributed by atoms with Crippen LogP contribution in [0.25, 0.3) is 33.6 Å². The molecule has 238 valence electrons. The van der Waals surface area contributed by atoms with E-state index in [1.807, 2.05) is 82.4 Å². The normalized spacial score (nSPS) is 12.4. The summed E-state index contributed by atoms with van der Waals surface area (Å²) in [6, 6.07) is 15.2. The van der Waals surface area contributed by atoms with E-state index in [4.69, 9.17) is 9.72 Å². The Morgan fingerprint density at radius 1 is 0.844 bits per heavy atom. The number of unbranched alkanes of at least 4 members (excludes halogenated alkanes) is 1. The second kappa shape index (κ2) is 15.2. The van der Waals surface area contributed by atoms with E-state index in [1.54, 1.807) is 11.1 Å². The number of benzene rings is 2. The number of nitrogens with one attached hydrogen (secondary N) is 4. The molecule has 45 heavy (non-hydrogen) atoms. The van der Waals surface area contributed by atoms with Crippen LogP contribution in [-0.4, -0.2) is 62.4 Å². The van der Waals surface area contributed by atoms with E-state index in [0.717, 1.165) is 46.5 Å². The molecule has 4 N–H and O–H groups in total. The Balaban J connectivity index is 1.42. The van der Waals surface area contributed by atoms with Crippen molar-refractivity contribution in [3.8, 4) is 33.6 Å². The van der Waals surface area contributed by atoms with Crippen LogP contribution in [0.15, 0.2) is 60.9 Å². The zero-order valence-corrected chi connectivity index (χ0v) is 26.8. The number of rotatable bonds is 13. The second-order valence-electron chi connectivity index (χ2n) is 11.3. The van der Waals surface area contributed by atoms with Gasteiger partial charge in [-0.25, -0.2) is 14.8 Å². The van der Waals surface area contributed by atoms with Crippen LogP contribution in [-0.2, 0) is 14.3 Å². The molecule has 0 aliphatic carbocycles. The molecule has 0 spiro atoms. The van der Waals surface area contributed by atoms with E-state index in [-0.39, 0.29) is 23.8 Å². The lowest BCUT2D eigenvalue weighted by Gasteiger charge is -2.32. The van der Waals surface area contributed by atoms with E-state index in [1.165, 1.54) is 7.11 Å². The summed E-state index contributed by atoms with van der Waals surface area (Å²) < 4.78 is 4.72. The van der Waals surface area contributed by atoms with Crippen molar-refractivity contribution < 1.29 is 19.1 Å². The van der Waals surface area contributed by atoms with Crippen LogP contribution in [0.5, 0.6) is 0 Å². The monoisotopic (exact) mass is 613 g/mol. The summed E-state index contributed by atoms with van der Waals surface area (Å²) in [6.45, 7) is 10.1. The van der Waals surface area contributed by atoms with Gasteiger partial charge in [0.1, 0.15) is 11.9 Å². The lowest BCUT2D eigenvalue weighted by atomic mass is 10.0. The number of likely N-dealkylation sites (N-methyl/N-ethyl adjacent to an activating group) is 1. The van der Waals surface area contributed by atoms with Crippen molar-refractivity contribution in [2.75, 3.05) is 19.0 Å². The fourth-order valence-corrected chi connectivity index (χ4v) is 5.08. The van der Waals surface area contributed by atoms with Crippen molar-refractivity contribution in [3.05, 3.63) is 66.7 Å². The molecular weight excluding hydrogens is 570 g/mol. The smallest absolute Gasteiger partial charge is 0.407 e. The lowest BCUT2D eigenvalue weighted by molar-refractivity contribution is -0.136. The number of aromatic nitrogens is 4. The van der Waals surface area contributed by atoms with Crippen molar-refractivity contribution in [1.29, 1.82) is 0 Å². The average molecular weight is 614 g/mol. The number of ether oxygens (including phenoxy) is 1. The topological polar surface area (TPSA) is 145 Å². The zero-order valence-electron chi connectivity index (χ0n) is 26.8. The highest BCUT2D eigenvalue weighted by molar-refractivity contribution is 5.89. The number of aromatic amines is 2. The average Bonchev–Trinajstić information content (AvgIpc) is 3.73. The number of carbonyl (C=O) groups is 3. The molecule has 0 aliphatic heterocycles. The second-order valence-corrected chi connectivity index (χ2v) is 11.3. The summed E-state index contributed by atoms with van der Waals surface area (Å²) in [5.41, 5.74) is 5.53. The van der Waals surface area contributed by atoms with Crippen molar-refractivity contribution in [3.63, 3.8) is 0 Å². The van der Waals surface area contributed by atoms with E-state index in [9.17, 15) is 14.4 Å². The lowest BCUT2D eigenvalue weighted by Crippen LogP contribution is -2.51. The van der Waals surface area contributed by atoms with Crippen molar-refractivity contribution >= 4 is 23.9 Å². The number of methoxy groups -OCH3 is 1. The predicted molar refractivity (Wildman–Crippen MR) is 175 cm³/mol. The number of hydrogen-bond donors (Lipinski definition) is 4. The third-order valence-corrected chi connectivity index (χ3v) is 7.76. The highest BCUT2D eigenvalue weighted by Crippen LogP contribution is 2.28. The molecule has 4 rings (SSSR count). The van der Waals surface area contributed by atoms with Gasteiger partial charge in [0.25, 0.3) is 0 Å². The van der Waals surface area contributed by atoms with Crippen LogP contribution in [0, 0.1) is 5.92 Å². The summed E-state index contributed by atoms with van der Waals surface area (Å²) in [5, 5.41) is 5.47. The molecule has 0 fully saturated rings.